The fraction of sp³-hybridized carbons (Fsp3) is 0.118. The Labute approximate surface area is 122 Å². The summed E-state index contributed by atoms with van der Waals surface area (Å²) in [4.78, 5) is 4.16. The van der Waals surface area contributed by atoms with Crippen LogP contribution in [0.15, 0.2) is 54.9 Å². The molecule has 0 spiro atoms. The Hall–Kier alpha value is -2.46. The normalized spacial score (nSPS) is 12.3. The molecule has 1 heterocycles. The van der Waals surface area contributed by atoms with Gasteiger partial charge in [0.15, 0.2) is 11.6 Å². The van der Waals surface area contributed by atoms with Gasteiger partial charge in [0.1, 0.15) is 0 Å². The molecule has 0 radical (unpaired) electrons. The summed E-state index contributed by atoms with van der Waals surface area (Å²) in [6.07, 6.45) is 3.55. The zero-order valence-electron chi connectivity index (χ0n) is 11.6. The Morgan fingerprint density at radius 2 is 2.05 bits per heavy atom. The van der Waals surface area contributed by atoms with Gasteiger partial charge in [-0.2, -0.15) is 0 Å². The van der Waals surface area contributed by atoms with E-state index in [1.165, 1.54) is 13.2 Å². The van der Waals surface area contributed by atoms with E-state index in [1.807, 2.05) is 24.3 Å². The highest BCUT2D eigenvalue weighted by Crippen LogP contribution is 2.29. The number of hydrogen-bond donors (Lipinski definition) is 1. The van der Waals surface area contributed by atoms with Gasteiger partial charge in [-0.25, -0.2) is 4.39 Å². The second kappa shape index (κ2) is 5.50. The average molecular weight is 282 g/mol. The summed E-state index contributed by atoms with van der Waals surface area (Å²) in [5.41, 5.74) is 8.10. The second-order valence-corrected chi connectivity index (χ2v) is 4.82. The number of nitrogens with two attached hydrogens (primary N) is 1. The van der Waals surface area contributed by atoms with E-state index in [4.69, 9.17) is 10.5 Å². The number of fused-ring (bicyclic) bond motifs is 1. The maximum Gasteiger partial charge on any atom is 0.165 e. The Bertz CT molecular complexity index is 783. The minimum Gasteiger partial charge on any atom is -0.494 e. The second-order valence-electron chi connectivity index (χ2n) is 4.82. The molecular formula is C17H15FN2O. The first-order chi connectivity index (χ1) is 10.2. The molecule has 3 nitrogen and oxygen atoms in total. The van der Waals surface area contributed by atoms with Gasteiger partial charge in [-0.15, -0.1) is 0 Å². The topological polar surface area (TPSA) is 48.1 Å². The van der Waals surface area contributed by atoms with Crippen molar-refractivity contribution in [2.45, 2.75) is 6.04 Å². The van der Waals surface area contributed by atoms with Gasteiger partial charge in [0.25, 0.3) is 0 Å². The molecule has 2 N–H and O–H groups in total. The lowest BCUT2D eigenvalue weighted by molar-refractivity contribution is 0.385. The molecule has 0 aliphatic carbocycles. The highest BCUT2D eigenvalue weighted by atomic mass is 19.1. The zero-order chi connectivity index (χ0) is 14.8. The monoisotopic (exact) mass is 282 g/mol. The number of hydrogen-bond acceptors (Lipinski definition) is 3. The van der Waals surface area contributed by atoms with Crippen molar-refractivity contribution in [3.8, 4) is 5.75 Å². The Morgan fingerprint density at radius 1 is 1.19 bits per heavy atom. The van der Waals surface area contributed by atoms with E-state index in [9.17, 15) is 4.39 Å². The van der Waals surface area contributed by atoms with Crippen LogP contribution >= 0.6 is 0 Å². The van der Waals surface area contributed by atoms with Gasteiger partial charge < -0.3 is 10.5 Å². The van der Waals surface area contributed by atoms with E-state index in [0.29, 0.717) is 0 Å². The quantitative estimate of drug-likeness (QED) is 0.800. The first-order valence-corrected chi connectivity index (χ1v) is 6.62. The molecule has 0 saturated heterocycles. The van der Waals surface area contributed by atoms with E-state index >= 15 is 0 Å². The standard InChI is InChI=1S/C17H15FN2O/c1-21-16-9-12(5-6-15(16)18)17(19)13-4-2-3-11-7-8-20-10-14(11)13/h2-10,17H,19H2,1H3. The number of ether oxygens (including phenoxy) is 1. The summed E-state index contributed by atoms with van der Waals surface area (Å²) in [7, 11) is 1.44. The van der Waals surface area contributed by atoms with Crippen LogP contribution in [-0.4, -0.2) is 12.1 Å². The zero-order valence-corrected chi connectivity index (χ0v) is 11.6. The van der Waals surface area contributed by atoms with Crippen molar-refractivity contribution in [3.05, 3.63) is 71.8 Å². The number of rotatable bonds is 3. The fourth-order valence-electron chi connectivity index (χ4n) is 2.46. The third-order valence-electron chi connectivity index (χ3n) is 3.59. The first-order valence-electron chi connectivity index (χ1n) is 6.62. The molecule has 3 aromatic rings. The van der Waals surface area contributed by atoms with Crippen LogP contribution in [0.25, 0.3) is 10.8 Å². The minimum absolute atomic E-state index is 0.196. The predicted molar refractivity (Wildman–Crippen MR) is 80.7 cm³/mol. The van der Waals surface area contributed by atoms with Crippen LogP contribution in [0.3, 0.4) is 0 Å². The van der Waals surface area contributed by atoms with Gasteiger partial charge in [0.2, 0.25) is 0 Å². The maximum atomic E-state index is 13.5. The Balaban J connectivity index is 2.10. The molecule has 0 amide bonds. The SMILES string of the molecule is COc1cc(C(N)c2cccc3ccncc23)ccc1F. The van der Waals surface area contributed by atoms with Crippen molar-refractivity contribution in [2.75, 3.05) is 7.11 Å². The van der Waals surface area contributed by atoms with Gasteiger partial charge in [-0.3, -0.25) is 4.98 Å². The minimum atomic E-state index is -0.395. The van der Waals surface area contributed by atoms with Crippen LogP contribution in [0.5, 0.6) is 5.75 Å². The lowest BCUT2D eigenvalue weighted by Gasteiger charge is -2.16. The Kier molecular flexibility index (Phi) is 3.54. The lowest BCUT2D eigenvalue weighted by Crippen LogP contribution is -2.12. The van der Waals surface area contributed by atoms with E-state index in [2.05, 4.69) is 4.98 Å². The molecule has 0 bridgehead atoms. The summed E-state index contributed by atoms with van der Waals surface area (Å²) < 4.78 is 18.5. The summed E-state index contributed by atoms with van der Waals surface area (Å²) in [6, 6.07) is 12.2. The van der Waals surface area contributed by atoms with Crippen LogP contribution in [0, 0.1) is 5.82 Å². The van der Waals surface area contributed by atoms with Crippen molar-refractivity contribution < 1.29 is 9.13 Å². The van der Waals surface area contributed by atoms with Crippen molar-refractivity contribution in [1.82, 2.24) is 4.98 Å². The smallest absolute Gasteiger partial charge is 0.165 e. The lowest BCUT2D eigenvalue weighted by atomic mass is 9.95. The molecule has 0 fully saturated rings. The Morgan fingerprint density at radius 3 is 2.86 bits per heavy atom. The summed E-state index contributed by atoms with van der Waals surface area (Å²) in [6.45, 7) is 0. The summed E-state index contributed by atoms with van der Waals surface area (Å²) >= 11 is 0. The van der Waals surface area contributed by atoms with E-state index in [0.717, 1.165) is 21.9 Å². The van der Waals surface area contributed by atoms with Crippen molar-refractivity contribution in [1.29, 1.82) is 0 Å². The van der Waals surface area contributed by atoms with Crippen LogP contribution in [-0.2, 0) is 0 Å². The molecule has 1 atom stereocenters. The number of aromatic nitrogens is 1. The number of pyridine rings is 1. The van der Waals surface area contributed by atoms with Gasteiger partial charge >= 0.3 is 0 Å². The molecule has 21 heavy (non-hydrogen) atoms. The predicted octanol–water partition coefficient (Wildman–Crippen LogP) is 3.43. The van der Waals surface area contributed by atoms with E-state index < -0.39 is 5.82 Å². The third-order valence-corrected chi connectivity index (χ3v) is 3.59. The molecule has 0 aliphatic heterocycles. The first kappa shape index (κ1) is 13.5. The largest absolute Gasteiger partial charge is 0.494 e. The molecular weight excluding hydrogens is 267 g/mol. The molecule has 1 aromatic heterocycles. The van der Waals surface area contributed by atoms with E-state index in [1.54, 1.807) is 24.5 Å². The van der Waals surface area contributed by atoms with Crippen molar-refractivity contribution in [3.63, 3.8) is 0 Å². The van der Waals surface area contributed by atoms with Crippen molar-refractivity contribution in [2.24, 2.45) is 5.73 Å². The fourth-order valence-corrected chi connectivity index (χ4v) is 2.46. The van der Waals surface area contributed by atoms with Crippen LogP contribution < -0.4 is 10.5 Å². The molecule has 0 aliphatic rings. The van der Waals surface area contributed by atoms with Crippen LogP contribution in [0.2, 0.25) is 0 Å². The molecule has 0 saturated carbocycles. The van der Waals surface area contributed by atoms with E-state index in [-0.39, 0.29) is 11.8 Å². The molecule has 4 heteroatoms. The molecule has 3 rings (SSSR count). The molecule has 106 valence electrons. The van der Waals surface area contributed by atoms with Gasteiger partial charge in [-0.05, 0) is 34.7 Å². The maximum absolute atomic E-state index is 13.5. The summed E-state index contributed by atoms with van der Waals surface area (Å²) in [5, 5.41) is 2.07. The highest BCUT2D eigenvalue weighted by Gasteiger charge is 2.14. The average Bonchev–Trinajstić information content (AvgIpc) is 2.54. The number of methoxy groups -OCH3 is 1. The van der Waals surface area contributed by atoms with Crippen molar-refractivity contribution >= 4 is 10.8 Å². The number of nitrogens with zero attached hydrogens (tertiary/aromatic N) is 1. The number of halogens is 1. The molecule has 1 unspecified atom stereocenters. The highest BCUT2D eigenvalue weighted by molar-refractivity contribution is 5.85. The van der Waals surface area contributed by atoms with Gasteiger partial charge in [0.05, 0.1) is 13.2 Å². The molecule has 2 aromatic carbocycles. The van der Waals surface area contributed by atoms with Gasteiger partial charge in [-0.1, -0.05) is 24.3 Å². The number of benzene rings is 2. The van der Waals surface area contributed by atoms with Gasteiger partial charge in [0, 0.05) is 17.8 Å². The van der Waals surface area contributed by atoms with Crippen LogP contribution in [0.4, 0.5) is 4.39 Å². The third kappa shape index (κ3) is 2.45. The van der Waals surface area contributed by atoms with Crippen LogP contribution in [0.1, 0.15) is 17.2 Å². The summed E-state index contributed by atoms with van der Waals surface area (Å²) in [5.74, 6) is -0.200.